The molecule has 1 aromatic carbocycles. The molecule has 0 bridgehead atoms. The van der Waals surface area contributed by atoms with Gasteiger partial charge in [0.15, 0.2) is 11.6 Å². The average Bonchev–Trinajstić information content (AvgIpc) is 2.76. The molecular weight excluding hydrogens is 432 g/mol. The number of nitrogens with two attached hydrogens (primary N) is 3. The van der Waals surface area contributed by atoms with Crippen molar-refractivity contribution in [2.24, 2.45) is 4.99 Å². The van der Waals surface area contributed by atoms with Crippen molar-refractivity contribution >= 4 is 53.0 Å². The highest BCUT2D eigenvalue weighted by Crippen LogP contribution is 2.24. The van der Waals surface area contributed by atoms with Crippen LogP contribution in [0.3, 0.4) is 0 Å². The molecule has 0 saturated heterocycles. The summed E-state index contributed by atoms with van der Waals surface area (Å²) in [6.07, 6.45) is 1.60. The number of carbonyl (C=O) groups is 3. The highest BCUT2D eigenvalue weighted by Gasteiger charge is 2.21. The molecular formula is C20H26N8O5. The fourth-order valence-electron chi connectivity index (χ4n) is 2.76. The van der Waals surface area contributed by atoms with Crippen LogP contribution in [-0.2, 0) is 9.59 Å². The van der Waals surface area contributed by atoms with E-state index >= 15 is 0 Å². The minimum absolute atomic E-state index is 0.0216. The molecule has 0 aliphatic rings. The van der Waals surface area contributed by atoms with Gasteiger partial charge in [0.05, 0.1) is 0 Å². The van der Waals surface area contributed by atoms with Gasteiger partial charge in [-0.15, -0.1) is 0 Å². The number of nitrogen functional groups attached to an aromatic ring is 3. The number of aliphatic imine (C=N–C) groups is 1. The highest BCUT2D eigenvalue weighted by molar-refractivity contribution is 5.97. The number of hydrogen-bond donors (Lipinski definition) is 6. The number of carbonyl (C=O) groups excluding carboxylic acids is 1. The first-order chi connectivity index (χ1) is 15.6. The summed E-state index contributed by atoms with van der Waals surface area (Å²) in [6, 6.07) is 5.24. The summed E-state index contributed by atoms with van der Waals surface area (Å²) < 4.78 is 0. The lowest BCUT2D eigenvalue weighted by molar-refractivity contribution is -0.140. The number of anilines is 4. The first-order valence-corrected chi connectivity index (χ1v) is 9.86. The molecule has 0 aliphatic heterocycles. The molecule has 1 atom stereocenters. The Hall–Kier alpha value is -4.42. The van der Waals surface area contributed by atoms with E-state index in [1.54, 1.807) is 30.5 Å². The van der Waals surface area contributed by atoms with Crippen molar-refractivity contribution in [3.63, 3.8) is 0 Å². The van der Waals surface area contributed by atoms with Crippen LogP contribution in [0.2, 0.25) is 0 Å². The first-order valence-electron chi connectivity index (χ1n) is 9.86. The van der Waals surface area contributed by atoms with Gasteiger partial charge in [-0.05, 0) is 30.7 Å². The van der Waals surface area contributed by atoms with E-state index in [1.165, 1.54) is 0 Å². The Morgan fingerprint density at radius 1 is 1.15 bits per heavy atom. The Balaban J connectivity index is 1.92. The normalized spacial score (nSPS) is 11.8. The average molecular weight is 458 g/mol. The summed E-state index contributed by atoms with van der Waals surface area (Å²) in [5, 5.41) is 20.2. The number of nitrogens with zero attached hydrogens (tertiary/aromatic N) is 4. The second-order valence-electron chi connectivity index (χ2n) is 7.07. The van der Waals surface area contributed by atoms with Gasteiger partial charge in [0.2, 0.25) is 5.95 Å². The lowest BCUT2D eigenvalue weighted by Crippen LogP contribution is -2.41. The van der Waals surface area contributed by atoms with Crippen molar-refractivity contribution in [3.05, 3.63) is 29.8 Å². The van der Waals surface area contributed by atoms with E-state index in [9.17, 15) is 14.4 Å². The number of rotatable bonds is 11. The van der Waals surface area contributed by atoms with E-state index in [-0.39, 0.29) is 41.7 Å². The lowest BCUT2D eigenvalue weighted by Gasteiger charge is -2.19. The maximum Gasteiger partial charge on any atom is 0.326 e. The Kier molecular flexibility index (Phi) is 8.49. The van der Waals surface area contributed by atoms with Gasteiger partial charge in [-0.2, -0.15) is 9.97 Å². The minimum atomic E-state index is -1.29. The third-order valence-electron chi connectivity index (χ3n) is 4.60. The van der Waals surface area contributed by atoms with Crippen LogP contribution < -0.4 is 27.4 Å². The van der Waals surface area contributed by atoms with Crippen LogP contribution in [0.15, 0.2) is 29.3 Å². The topological polar surface area (TPSA) is 223 Å². The van der Waals surface area contributed by atoms with E-state index in [1.807, 2.05) is 11.9 Å². The predicted molar refractivity (Wildman–Crippen MR) is 124 cm³/mol. The Morgan fingerprint density at radius 2 is 1.82 bits per heavy atom. The molecule has 13 nitrogen and oxygen atoms in total. The third-order valence-corrected chi connectivity index (χ3v) is 4.60. The smallest absolute Gasteiger partial charge is 0.326 e. The van der Waals surface area contributed by atoms with Crippen LogP contribution >= 0.6 is 0 Å². The summed E-state index contributed by atoms with van der Waals surface area (Å²) in [5.41, 5.74) is 18.2. The number of carboxylic acids is 2. The van der Waals surface area contributed by atoms with Crippen molar-refractivity contribution < 1.29 is 24.6 Å². The summed E-state index contributed by atoms with van der Waals surface area (Å²) >= 11 is 0. The number of carboxylic acid groups (broad SMARTS) is 2. The summed E-state index contributed by atoms with van der Waals surface area (Å²) in [6.45, 7) is 0.585. The van der Waals surface area contributed by atoms with E-state index in [0.717, 1.165) is 5.69 Å². The molecule has 0 unspecified atom stereocenters. The third kappa shape index (κ3) is 7.34. The zero-order chi connectivity index (χ0) is 24.5. The molecule has 0 aliphatic carbocycles. The SMILES string of the molecule is CN(CCC=Nc1nc(N)nc(N)c1N)c1ccc(C(=O)N[C@@H](CCC(=O)O)C(=O)O)cc1. The van der Waals surface area contributed by atoms with E-state index < -0.39 is 23.9 Å². The fourth-order valence-corrected chi connectivity index (χ4v) is 2.76. The Bertz CT molecular complexity index is 1040. The molecule has 1 amide bonds. The minimum Gasteiger partial charge on any atom is -0.481 e. The summed E-state index contributed by atoms with van der Waals surface area (Å²) in [7, 11) is 1.85. The zero-order valence-corrected chi connectivity index (χ0v) is 17.9. The van der Waals surface area contributed by atoms with Gasteiger partial charge in [-0.25, -0.2) is 9.79 Å². The summed E-state index contributed by atoms with van der Waals surface area (Å²) in [5.74, 6) is -2.80. The number of aliphatic carboxylic acids is 2. The molecule has 1 heterocycles. The Labute approximate surface area is 189 Å². The van der Waals surface area contributed by atoms with Gasteiger partial charge in [0, 0.05) is 43.9 Å². The predicted octanol–water partition coefficient (Wildman–Crippen LogP) is 0.500. The second-order valence-corrected chi connectivity index (χ2v) is 7.07. The van der Waals surface area contributed by atoms with Crippen molar-refractivity contribution in [3.8, 4) is 0 Å². The molecule has 9 N–H and O–H groups in total. The van der Waals surface area contributed by atoms with Gasteiger partial charge in [0.1, 0.15) is 11.7 Å². The molecule has 0 fully saturated rings. The van der Waals surface area contributed by atoms with Gasteiger partial charge in [-0.1, -0.05) is 0 Å². The Morgan fingerprint density at radius 3 is 2.42 bits per heavy atom. The lowest BCUT2D eigenvalue weighted by atomic mass is 10.1. The standard InChI is InChI=1S/C20H26N8O5/c1-28(10-2-9-24-17-15(21)16(22)26-20(23)27-17)12-5-3-11(4-6-12)18(31)25-13(19(32)33)7-8-14(29)30/h3-6,9,13H,2,7-8,10,21H2,1H3,(H,25,31)(H,29,30)(H,32,33)(H4,22,23,26,27)/t13-/m0/s1. The van der Waals surface area contributed by atoms with Gasteiger partial charge in [0.25, 0.3) is 5.91 Å². The number of benzene rings is 1. The number of hydrogen-bond acceptors (Lipinski definition) is 10. The van der Waals surface area contributed by atoms with Crippen LogP contribution in [0, 0.1) is 0 Å². The van der Waals surface area contributed by atoms with E-state index in [0.29, 0.717) is 13.0 Å². The molecule has 0 saturated carbocycles. The fraction of sp³-hybridized carbons (Fsp3) is 0.300. The van der Waals surface area contributed by atoms with Gasteiger partial charge < -0.3 is 37.6 Å². The molecule has 2 rings (SSSR count). The number of aromatic nitrogens is 2. The van der Waals surface area contributed by atoms with Crippen molar-refractivity contribution in [2.75, 3.05) is 35.7 Å². The van der Waals surface area contributed by atoms with Crippen molar-refractivity contribution in [1.82, 2.24) is 15.3 Å². The highest BCUT2D eigenvalue weighted by atomic mass is 16.4. The van der Waals surface area contributed by atoms with E-state index in [4.69, 9.17) is 27.4 Å². The van der Waals surface area contributed by atoms with Crippen molar-refractivity contribution in [2.45, 2.75) is 25.3 Å². The quantitative estimate of drug-likeness (QED) is 0.254. The zero-order valence-electron chi connectivity index (χ0n) is 17.9. The maximum atomic E-state index is 12.3. The molecule has 2 aromatic rings. The first kappa shape index (κ1) is 24.8. The van der Waals surface area contributed by atoms with E-state index in [2.05, 4.69) is 20.3 Å². The molecule has 0 radical (unpaired) electrons. The molecule has 1 aromatic heterocycles. The largest absolute Gasteiger partial charge is 0.481 e. The van der Waals surface area contributed by atoms with Crippen LogP contribution in [0.4, 0.5) is 29.0 Å². The van der Waals surface area contributed by atoms with Crippen LogP contribution in [-0.4, -0.2) is 63.9 Å². The van der Waals surface area contributed by atoms with Crippen LogP contribution in [0.1, 0.15) is 29.6 Å². The van der Waals surface area contributed by atoms with Crippen molar-refractivity contribution in [1.29, 1.82) is 0 Å². The van der Waals surface area contributed by atoms with Crippen LogP contribution in [0.25, 0.3) is 0 Å². The monoisotopic (exact) mass is 458 g/mol. The molecule has 13 heteroatoms. The van der Waals surface area contributed by atoms with Crippen LogP contribution in [0.5, 0.6) is 0 Å². The number of nitrogens with one attached hydrogen (secondary N) is 1. The number of amides is 1. The molecule has 33 heavy (non-hydrogen) atoms. The van der Waals surface area contributed by atoms with Gasteiger partial charge >= 0.3 is 11.9 Å². The molecule has 0 spiro atoms. The second kappa shape index (κ2) is 11.3. The van der Waals surface area contributed by atoms with Gasteiger partial charge in [-0.3, -0.25) is 9.59 Å². The molecule has 176 valence electrons. The summed E-state index contributed by atoms with van der Waals surface area (Å²) in [4.78, 5) is 48.0. The maximum absolute atomic E-state index is 12.3.